The maximum absolute atomic E-state index is 13.9. The van der Waals surface area contributed by atoms with Gasteiger partial charge in [-0.05, 0) is 71.9 Å². The maximum Gasteiger partial charge on any atom is 0.423 e. The zero-order valence-electron chi connectivity index (χ0n) is 21.2. The van der Waals surface area contributed by atoms with Crippen molar-refractivity contribution in [2.75, 3.05) is 20.3 Å². The highest BCUT2D eigenvalue weighted by Crippen LogP contribution is 2.46. The molecule has 39 heavy (non-hydrogen) atoms. The number of ether oxygens (including phenoxy) is 1. The second-order valence-electron chi connectivity index (χ2n) is 9.47. The van der Waals surface area contributed by atoms with Gasteiger partial charge in [0.2, 0.25) is 11.8 Å². The molecule has 0 bridgehead atoms. The summed E-state index contributed by atoms with van der Waals surface area (Å²) in [6.07, 6.45) is 1.17. The van der Waals surface area contributed by atoms with Crippen molar-refractivity contribution >= 4 is 29.6 Å². The van der Waals surface area contributed by atoms with Crippen molar-refractivity contribution in [1.82, 2.24) is 9.88 Å². The lowest BCUT2D eigenvalue weighted by atomic mass is 9.68. The molecular weight excluding hydrogens is 511 g/mol. The summed E-state index contributed by atoms with van der Waals surface area (Å²) in [5.41, 5.74) is 2.25. The third-order valence-electron chi connectivity index (χ3n) is 7.28. The van der Waals surface area contributed by atoms with Crippen molar-refractivity contribution in [2.45, 2.75) is 25.4 Å². The number of fused-ring (bicyclic) bond motifs is 1. The molecule has 3 amide bonds. The molecule has 4 rings (SSSR count). The van der Waals surface area contributed by atoms with Crippen molar-refractivity contribution in [2.24, 2.45) is 17.8 Å². The fourth-order valence-corrected chi connectivity index (χ4v) is 5.47. The first-order valence-corrected chi connectivity index (χ1v) is 12.4. The van der Waals surface area contributed by atoms with Crippen LogP contribution in [0.2, 0.25) is 0 Å². The Kier molecular flexibility index (Phi) is 8.54. The van der Waals surface area contributed by atoms with Gasteiger partial charge in [-0.3, -0.25) is 14.6 Å². The Morgan fingerprint density at radius 1 is 1.23 bits per heavy atom. The van der Waals surface area contributed by atoms with E-state index in [4.69, 9.17) is 0 Å². The lowest BCUT2D eigenvalue weighted by Gasteiger charge is -2.36. The number of hydrogen-bond acceptors (Lipinski definition) is 9. The first kappa shape index (κ1) is 28.1. The topological polar surface area (TPSA) is 157 Å². The number of aliphatic hydroxyl groups excluding tert-OH is 3. The van der Waals surface area contributed by atoms with Crippen LogP contribution in [0, 0.1) is 23.6 Å². The standard InChI is InChI=1S/C28H29FN2O8/c1-39-28(38)31-26(36)18-12-17(13-32)24(19(14-33)25(18)27(31)37)23(35)8-6-16(21-4-2-3-9-30-21)10-15-5-7-22(34)20(29)11-15/h2-5,7,9-11,18-19,23,25,32-35H,6,8,12-14H2,1H3/b16-10-/t18-,19+,23-,25-/m1/s1. The van der Waals surface area contributed by atoms with Gasteiger partial charge in [0.05, 0.1) is 44.0 Å². The van der Waals surface area contributed by atoms with Crippen LogP contribution in [0.25, 0.3) is 11.6 Å². The van der Waals surface area contributed by atoms with Crippen molar-refractivity contribution in [3.8, 4) is 5.75 Å². The van der Waals surface area contributed by atoms with Crippen LogP contribution in [0.5, 0.6) is 5.75 Å². The van der Waals surface area contributed by atoms with Crippen LogP contribution >= 0.6 is 0 Å². The Hall–Kier alpha value is -3.93. The van der Waals surface area contributed by atoms with E-state index < -0.39 is 66.5 Å². The van der Waals surface area contributed by atoms with Crippen LogP contribution in [-0.4, -0.2) is 74.6 Å². The number of carbonyl (C=O) groups is 3. The molecule has 0 unspecified atom stereocenters. The molecule has 1 fully saturated rings. The molecule has 1 saturated heterocycles. The third kappa shape index (κ3) is 5.47. The minimum absolute atomic E-state index is 0.0577. The van der Waals surface area contributed by atoms with Gasteiger partial charge in [0.25, 0.3) is 0 Å². The maximum atomic E-state index is 13.9. The summed E-state index contributed by atoms with van der Waals surface area (Å²) in [6.45, 7) is -1.11. The van der Waals surface area contributed by atoms with Gasteiger partial charge in [0.15, 0.2) is 11.6 Å². The van der Waals surface area contributed by atoms with E-state index in [2.05, 4.69) is 9.72 Å². The Labute approximate surface area is 223 Å². The van der Waals surface area contributed by atoms with Crippen LogP contribution in [0.15, 0.2) is 53.7 Å². The molecule has 1 aliphatic heterocycles. The highest BCUT2D eigenvalue weighted by molar-refractivity contribution is 6.16. The number of pyridine rings is 1. The number of benzene rings is 1. The number of methoxy groups -OCH3 is 1. The molecule has 2 heterocycles. The molecule has 2 aliphatic rings. The molecule has 4 N–H and O–H groups in total. The minimum Gasteiger partial charge on any atom is -0.505 e. The van der Waals surface area contributed by atoms with Crippen molar-refractivity contribution < 1.29 is 43.9 Å². The zero-order valence-corrected chi connectivity index (χ0v) is 21.2. The van der Waals surface area contributed by atoms with Crippen LogP contribution in [-0.2, 0) is 14.3 Å². The number of rotatable bonds is 8. The van der Waals surface area contributed by atoms with Gasteiger partial charge < -0.3 is 25.2 Å². The third-order valence-corrected chi connectivity index (χ3v) is 7.28. The van der Waals surface area contributed by atoms with Crippen molar-refractivity contribution in [3.05, 3.63) is 70.8 Å². The van der Waals surface area contributed by atoms with E-state index in [9.17, 15) is 39.2 Å². The zero-order chi connectivity index (χ0) is 28.3. The fourth-order valence-electron chi connectivity index (χ4n) is 5.47. The number of imide groups is 3. The number of nitrogens with zero attached hydrogens (tertiary/aromatic N) is 2. The number of amides is 3. The van der Waals surface area contributed by atoms with Gasteiger partial charge in [-0.15, -0.1) is 0 Å². The monoisotopic (exact) mass is 540 g/mol. The SMILES string of the molecule is COC(=O)N1C(=O)[C@@H]2[C@@H](CC(CO)=C([C@H](O)CC/C(=C/c3ccc(O)c(F)c3)c3ccccn3)[C@@H]2CO)C1=O. The van der Waals surface area contributed by atoms with E-state index in [0.717, 1.165) is 7.11 Å². The molecule has 1 aliphatic carbocycles. The summed E-state index contributed by atoms with van der Waals surface area (Å²) in [5, 5.41) is 41.1. The highest BCUT2D eigenvalue weighted by atomic mass is 19.1. The van der Waals surface area contributed by atoms with Crippen molar-refractivity contribution in [3.63, 3.8) is 0 Å². The number of aliphatic hydroxyl groups is 3. The molecule has 0 saturated carbocycles. The summed E-state index contributed by atoms with van der Waals surface area (Å²) in [7, 11) is 1.04. The first-order valence-electron chi connectivity index (χ1n) is 12.4. The van der Waals surface area contributed by atoms with Crippen LogP contribution < -0.4 is 0 Å². The fraction of sp³-hybridized carbons (Fsp3) is 0.357. The average molecular weight is 541 g/mol. The van der Waals surface area contributed by atoms with E-state index in [1.54, 1.807) is 30.5 Å². The number of hydrogen-bond donors (Lipinski definition) is 4. The molecular formula is C28H29FN2O8. The largest absolute Gasteiger partial charge is 0.505 e. The van der Waals surface area contributed by atoms with Gasteiger partial charge >= 0.3 is 6.09 Å². The number of phenolic OH excluding ortho intramolecular Hbond substituents is 1. The molecule has 2 aromatic rings. The molecule has 4 atom stereocenters. The lowest BCUT2D eigenvalue weighted by Crippen LogP contribution is -2.40. The first-order chi connectivity index (χ1) is 18.7. The van der Waals surface area contributed by atoms with E-state index in [1.807, 2.05) is 0 Å². The molecule has 206 valence electrons. The highest BCUT2D eigenvalue weighted by Gasteiger charge is 2.57. The summed E-state index contributed by atoms with van der Waals surface area (Å²) in [4.78, 5) is 42.7. The van der Waals surface area contributed by atoms with Crippen LogP contribution in [0.3, 0.4) is 0 Å². The summed E-state index contributed by atoms with van der Waals surface area (Å²) >= 11 is 0. The Balaban J connectivity index is 1.63. The summed E-state index contributed by atoms with van der Waals surface area (Å²) in [5.74, 6) is -5.92. The second-order valence-corrected chi connectivity index (χ2v) is 9.47. The van der Waals surface area contributed by atoms with Gasteiger partial charge in [-0.1, -0.05) is 12.1 Å². The van der Waals surface area contributed by atoms with Gasteiger partial charge in [0, 0.05) is 12.1 Å². The van der Waals surface area contributed by atoms with E-state index in [-0.39, 0.29) is 24.8 Å². The Morgan fingerprint density at radius 3 is 2.62 bits per heavy atom. The number of phenols is 1. The van der Waals surface area contributed by atoms with Crippen molar-refractivity contribution in [1.29, 1.82) is 0 Å². The predicted octanol–water partition coefficient (Wildman–Crippen LogP) is 2.28. The van der Waals surface area contributed by atoms with Gasteiger partial charge in [-0.25, -0.2) is 9.18 Å². The van der Waals surface area contributed by atoms with Crippen LogP contribution in [0.1, 0.15) is 30.5 Å². The quantitative estimate of drug-likeness (QED) is 0.291. The second kappa shape index (κ2) is 11.9. The summed E-state index contributed by atoms with van der Waals surface area (Å²) in [6, 6.07) is 9.18. The van der Waals surface area contributed by atoms with E-state index >= 15 is 0 Å². The van der Waals surface area contributed by atoms with Gasteiger partial charge in [-0.2, -0.15) is 4.90 Å². The Morgan fingerprint density at radius 2 is 2.00 bits per heavy atom. The molecule has 11 heteroatoms. The number of aromatic nitrogens is 1. The number of allylic oxidation sites excluding steroid dienone is 1. The molecule has 10 nitrogen and oxygen atoms in total. The van der Waals surface area contributed by atoms with Gasteiger partial charge in [0.1, 0.15) is 0 Å². The average Bonchev–Trinajstić information content (AvgIpc) is 3.20. The van der Waals surface area contributed by atoms with E-state index in [0.29, 0.717) is 27.3 Å². The number of aromatic hydroxyl groups is 1. The molecule has 1 aromatic heterocycles. The summed E-state index contributed by atoms with van der Waals surface area (Å²) < 4.78 is 18.5. The lowest BCUT2D eigenvalue weighted by molar-refractivity contribution is -0.137. The molecule has 1 aromatic carbocycles. The Bertz CT molecular complexity index is 1330. The number of halogens is 1. The van der Waals surface area contributed by atoms with Crippen LogP contribution in [0.4, 0.5) is 9.18 Å². The normalized spacial score (nSPS) is 22.2. The number of likely N-dealkylation sites (tertiary alicyclic amines) is 1. The molecule has 0 spiro atoms. The smallest absolute Gasteiger partial charge is 0.423 e. The minimum atomic E-state index is -1.22. The van der Waals surface area contributed by atoms with E-state index in [1.165, 1.54) is 18.2 Å². The predicted molar refractivity (Wildman–Crippen MR) is 136 cm³/mol. The number of carbonyl (C=O) groups excluding carboxylic acids is 3. The molecule has 0 radical (unpaired) electrons.